The second-order valence-electron chi connectivity index (χ2n) is 7.14. The molecule has 0 fully saturated rings. The van der Waals surface area contributed by atoms with Crippen molar-refractivity contribution in [3.63, 3.8) is 0 Å². The lowest BCUT2D eigenvalue weighted by molar-refractivity contribution is 0.102. The minimum atomic E-state index is -0.307. The first-order valence-electron chi connectivity index (χ1n) is 10.3. The summed E-state index contributed by atoms with van der Waals surface area (Å²) >= 11 is 6.17. The van der Waals surface area contributed by atoms with Crippen molar-refractivity contribution in [3.8, 4) is 23.0 Å². The molecule has 0 bridgehead atoms. The number of methoxy groups -OCH3 is 1. The number of hydrogen-bond acceptors (Lipinski definition) is 4. The molecule has 0 spiro atoms. The van der Waals surface area contributed by atoms with Crippen molar-refractivity contribution in [2.24, 2.45) is 0 Å². The lowest BCUT2D eigenvalue weighted by atomic mass is 10.1. The van der Waals surface area contributed by atoms with Gasteiger partial charge in [-0.05, 0) is 60.7 Å². The molecule has 1 N–H and O–H groups in total. The molecule has 4 aromatic carbocycles. The highest BCUT2D eigenvalue weighted by Crippen LogP contribution is 2.32. The summed E-state index contributed by atoms with van der Waals surface area (Å²) in [6.07, 6.45) is 0. The highest BCUT2D eigenvalue weighted by atomic mass is 35.5. The first-order valence-corrected chi connectivity index (χ1v) is 10.7. The SMILES string of the molecule is COc1ccc(C(=O)Nc2cc(Cl)ccc2Oc2ccccc2)cc1COc1ccccc1. The van der Waals surface area contributed by atoms with Crippen molar-refractivity contribution in [3.05, 3.63) is 113 Å². The minimum absolute atomic E-state index is 0.258. The third-order valence-corrected chi connectivity index (χ3v) is 5.08. The van der Waals surface area contributed by atoms with Crippen LogP contribution in [-0.4, -0.2) is 13.0 Å². The Morgan fingerprint density at radius 1 is 0.818 bits per heavy atom. The number of hydrogen-bond donors (Lipinski definition) is 1. The zero-order chi connectivity index (χ0) is 23.0. The zero-order valence-corrected chi connectivity index (χ0v) is 18.7. The predicted octanol–water partition coefficient (Wildman–Crippen LogP) is 6.97. The number of ether oxygens (including phenoxy) is 3. The molecule has 33 heavy (non-hydrogen) atoms. The monoisotopic (exact) mass is 459 g/mol. The summed E-state index contributed by atoms with van der Waals surface area (Å²) in [4.78, 5) is 13.1. The average Bonchev–Trinajstić information content (AvgIpc) is 2.85. The van der Waals surface area contributed by atoms with Crippen LogP contribution in [0.3, 0.4) is 0 Å². The van der Waals surface area contributed by atoms with Crippen molar-refractivity contribution in [1.29, 1.82) is 0 Å². The van der Waals surface area contributed by atoms with Gasteiger partial charge in [0.05, 0.1) is 12.8 Å². The number of halogens is 1. The summed E-state index contributed by atoms with van der Waals surface area (Å²) in [5.74, 6) is 2.20. The number of carbonyl (C=O) groups excluding carboxylic acids is 1. The molecule has 0 aliphatic heterocycles. The maximum absolute atomic E-state index is 13.1. The normalized spacial score (nSPS) is 10.4. The topological polar surface area (TPSA) is 56.8 Å². The smallest absolute Gasteiger partial charge is 0.255 e. The van der Waals surface area contributed by atoms with Crippen LogP contribution in [0.2, 0.25) is 5.02 Å². The van der Waals surface area contributed by atoms with Crippen LogP contribution in [0.25, 0.3) is 0 Å². The van der Waals surface area contributed by atoms with E-state index in [0.29, 0.717) is 33.5 Å². The van der Waals surface area contributed by atoms with Crippen LogP contribution < -0.4 is 19.5 Å². The van der Waals surface area contributed by atoms with Crippen molar-refractivity contribution >= 4 is 23.2 Å². The molecule has 0 aliphatic rings. The second kappa shape index (κ2) is 10.6. The molecule has 0 heterocycles. The van der Waals surface area contributed by atoms with E-state index in [1.165, 1.54) is 0 Å². The number of benzene rings is 4. The number of para-hydroxylation sites is 2. The molecule has 6 heteroatoms. The van der Waals surface area contributed by atoms with Gasteiger partial charge >= 0.3 is 0 Å². The van der Waals surface area contributed by atoms with Crippen LogP contribution in [0.15, 0.2) is 97.1 Å². The van der Waals surface area contributed by atoms with E-state index in [2.05, 4.69) is 5.32 Å². The molecule has 4 aromatic rings. The maximum atomic E-state index is 13.1. The molecular weight excluding hydrogens is 438 g/mol. The third-order valence-electron chi connectivity index (χ3n) is 4.84. The zero-order valence-electron chi connectivity index (χ0n) is 18.0. The van der Waals surface area contributed by atoms with E-state index in [1.54, 1.807) is 43.5 Å². The highest BCUT2D eigenvalue weighted by molar-refractivity contribution is 6.31. The first-order chi connectivity index (χ1) is 16.1. The highest BCUT2D eigenvalue weighted by Gasteiger charge is 2.14. The van der Waals surface area contributed by atoms with Gasteiger partial charge in [0.1, 0.15) is 23.9 Å². The predicted molar refractivity (Wildman–Crippen MR) is 130 cm³/mol. The van der Waals surface area contributed by atoms with Gasteiger partial charge in [0.2, 0.25) is 0 Å². The molecule has 166 valence electrons. The van der Waals surface area contributed by atoms with E-state index in [1.807, 2.05) is 60.7 Å². The van der Waals surface area contributed by atoms with Gasteiger partial charge in [-0.15, -0.1) is 0 Å². The van der Waals surface area contributed by atoms with Gasteiger partial charge in [0.25, 0.3) is 5.91 Å². The first kappa shape index (κ1) is 22.2. The Hall–Kier alpha value is -3.96. The number of nitrogens with one attached hydrogen (secondary N) is 1. The Kier molecular flexibility index (Phi) is 7.12. The van der Waals surface area contributed by atoms with Crippen LogP contribution in [0.1, 0.15) is 15.9 Å². The van der Waals surface area contributed by atoms with Gasteiger partial charge < -0.3 is 19.5 Å². The van der Waals surface area contributed by atoms with E-state index >= 15 is 0 Å². The lowest BCUT2D eigenvalue weighted by Gasteiger charge is -2.14. The molecule has 0 radical (unpaired) electrons. The van der Waals surface area contributed by atoms with Gasteiger partial charge in [-0.3, -0.25) is 4.79 Å². The maximum Gasteiger partial charge on any atom is 0.255 e. The Morgan fingerprint density at radius 2 is 1.48 bits per heavy atom. The lowest BCUT2D eigenvalue weighted by Crippen LogP contribution is -2.13. The van der Waals surface area contributed by atoms with Gasteiger partial charge in [0.15, 0.2) is 5.75 Å². The van der Waals surface area contributed by atoms with Crippen molar-refractivity contribution in [2.75, 3.05) is 12.4 Å². The van der Waals surface area contributed by atoms with Gasteiger partial charge in [-0.2, -0.15) is 0 Å². The van der Waals surface area contributed by atoms with Gasteiger partial charge in [-0.1, -0.05) is 48.0 Å². The van der Waals surface area contributed by atoms with Crippen molar-refractivity contribution < 1.29 is 19.0 Å². The van der Waals surface area contributed by atoms with Crippen LogP contribution in [-0.2, 0) is 6.61 Å². The summed E-state index contributed by atoms with van der Waals surface area (Å²) in [6.45, 7) is 0.258. The van der Waals surface area contributed by atoms with Crippen molar-refractivity contribution in [2.45, 2.75) is 6.61 Å². The molecule has 1 amide bonds. The third kappa shape index (κ3) is 5.84. The summed E-state index contributed by atoms with van der Waals surface area (Å²) < 4.78 is 17.2. The fraction of sp³-hybridized carbons (Fsp3) is 0.0741. The molecule has 4 rings (SSSR count). The second-order valence-corrected chi connectivity index (χ2v) is 7.57. The Balaban J connectivity index is 1.54. The van der Waals surface area contributed by atoms with Crippen LogP contribution in [0.5, 0.6) is 23.0 Å². The molecule has 0 saturated heterocycles. The molecule has 5 nitrogen and oxygen atoms in total. The van der Waals surface area contributed by atoms with Crippen molar-refractivity contribution in [1.82, 2.24) is 0 Å². The standard InChI is InChI=1S/C27H22ClNO4/c1-31-25-14-12-19(16-20(25)18-32-22-8-4-2-5-9-22)27(30)29-24-17-21(28)13-15-26(24)33-23-10-6-3-7-11-23/h2-17H,18H2,1H3,(H,29,30). The van der Waals surface area contributed by atoms with Gasteiger partial charge in [0, 0.05) is 16.1 Å². The Labute approximate surface area is 197 Å². The Bertz CT molecular complexity index is 1230. The van der Waals surface area contributed by atoms with E-state index in [9.17, 15) is 4.79 Å². The summed E-state index contributed by atoms with van der Waals surface area (Å²) in [7, 11) is 1.58. The molecule has 0 unspecified atom stereocenters. The molecular formula is C27H22ClNO4. The average molecular weight is 460 g/mol. The van der Waals surface area contributed by atoms with Crippen LogP contribution >= 0.6 is 11.6 Å². The van der Waals surface area contributed by atoms with E-state index in [4.69, 9.17) is 25.8 Å². The number of amides is 1. The van der Waals surface area contributed by atoms with E-state index in [-0.39, 0.29) is 12.5 Å². The minimum Gasteiger partial charge on any atom is -0.496 e. The van der Waals surface area contributed by atoms with E-state index < -0.39 is 0 Å². The number of carbonyl (C=O) groups is 1. The largest absolute Gasteiger partial charge is 0.496 e. The quantitative estimate of drug-likeness (QED) is 0.309. The summed E-state index contributed by atoms with van der Waals surface area (Å²) in [5, 5.41) is 3.38. The molecule has 0 atom stereocenters. The van der Waals surface area contributed by atoms with Gasteiger partial charge in [-0.25, -0.2) is 0 Å². The number of anilines is 1. The molecule has 0 aliphatic carbocycles. The number of rotatable bonds is 8. The summed E-state index contributed by atoms with van der Waals surface area (Å²) in [5.41, 5.74) is 1.67. The Morgan fingerprint density at radius 3 is 2.18 bits per heavy atom. The fourth-order valence-corrected chi connectivity index (χ4v) is 3.38. The summed E-state index contributed by atoms with van der Waals surface area (Å²) in [6, 6.07) is 29.1. The van der Waals surface area contributed by atoms with E-state index in [0.717, 1.165) is 11.3 Å². The van der Waals surface area contributed by atoms with Crippen LogP contribution in [0.4, 0.5) is 5.69 Å². The molecule has 0 saturated carbocycles. The molecule has 0 aromatic heterocycles. The fourth-order valence-electron chi connectivity index (χ4n) is 3.21. The van der Waals surface area contributed by atoms with Crippen LogP contribution in [0, 0.1) is 0 Å².